The van der Waals surface area contributed by atoms with Gasteiger partial charge in [0.25, 0.3) is 0 Å². The Morgan fingerprint density at radius 1 is 1.24 bits per heavy atom. The van der Waals surface area contributed by atoms with Crippen molar-refractivity contribution in [3.63, 3.8) is 0 Å². The van der Waals surface area contributed by atoms with Crippen molar-refractivity contribution in [1.82, 2.24) is 0 Å². The minimum Gasteiger partial charge on any atom is -0.374 e. The Kier molecular flexibility index (Phi) is 3.50. The fourth-order valence-electron chi connectivity index (χ4n) is 2.06. The number of alkyl halides is 1. The Labute approximate surface area is 106 Å². The molecule has 2 rings (SSSR count). The highest BCUT2D eigenvalue weighted by atomic mass is 79.9. The van der Waals surface area contributed by atoms with Crippen LogP contribution in [0.3, 0.4) is 0 Å². The molecule has 1 aromatic carbocycles. The van der Waals surface area contributed by atoms with Crippen molar-refractivity contribution in [2.45, 2.75) is 30.2 Å². The number of ether oxygens (including phenoxy) is 1. The fraction of sp³-hybridized carbons (Fsp3) is 0.500. The molecular formula is C12H12BrF3O. The molecule has 1 aliphatic heterocycles. The van der Waals surface area contributed by atoms with Gasteiger partial charge in [-0.2, -0.15) is 0 Å². The van der Waals surface area contributed by atoms with E-state index in [-0.39, 0.29) is 5.56 Å². The molecule has 1 heterocycles. The van der Waals surface area contributed by atoms with Crippen LogP contribution in [0.25, 0.3) is 0 Å². The van der Waals surface area contributed by atoms with E-state index in [0.717, 1.165) is 18.9 Å². The number of hydrogen-bond acceptors (Lipinski definition) is 1. The van der Waals surface area contributed by atoms with Crippen LogP contribution in [0.15, 0.2) is 12.1 Å². The Balaban J connectivity index is 2.36. The summed E-state index contributed by atoms with van der Waals surface area (Å²) in [4.78, 5) is -0.493. The monoisotopic (exact) mass is 308 g/mol. The Hall–Kier alpha value is -0.550. The molecule has 0 aromatic heterocycles. The molecule has 0 bridgehead atoms. The van der Waals surface area contributed by atoms with Gasteiger partial charge in [-0.1, -0.05) is 15.9 Å². The highest BCUT2D eigenvalue weighted by Crippen LogP contribution is 2.44. The Morgan fingerprint density at radius 3 is 2.47 bits per heavy atom. The summed E-state index contributed by atoms with van der Waals surface area (Å²) in [5.74, 6) is -2.99. The van der Waals surface area contributed by atoms with Crippen molar-refractivity contribution >= 4 is 15.9 Å². The van der Waals surface area contributed by atoms with Crippen LogP contribution in [-0.4, -0.2) is 12.2 Å². The molecule has 0 N–H and O–H groups in total. The highest BCUT2D eigenvalue weighted by Gasteiger charge is 2.39. The molecular weight excluding hydrogens is 297 g/mol. The first-order valence-electron chi connectivity index (χ1n) is 5.36. The quantitative estimate of drug-likeness (QED) is 0.590. The molecule has 1 nitrogen and oxygen atoms in total. The van der Waals surface area contributed by atoms with Gasteiger partial charge in [0, 0.05) is 18.2 Å². The summed E-state index contributed by atoms with van der Waals surface area (Å²) in [5, 5.41) is 0. The van der Waals surface area contributed by atoms with Crippen LogP contribution < -0.4 is 0 Å². The van der Waals surface area contributed by atoms with Gasteiger partial charge in [0.1, 0.15) is 5.82 Å². The largest absolute Gasteiger partial charge is 0.374 e. The van der Waals surface area contributed by atoms with Crippen LogP contribution in [0.2, 0.25) is 0 Å². The molecule has 1 aliphatic rings. The molecule has 1 fully saturated rings. The summed E-state index contributed by atoms with van der Waals surface area (Å²) in [6.45, 7) is 2.43. The minimum atomic E-state index is -1.18. The zero-order chi connectivity index (χ0) is 12.6. The normalized spacial score (nSPS) is 26.2. The minimum absolute atomic E-state index is 0.0910. The lowest BCUT2D eigenvalue weighted by Gasteiger charge is -2.29. The Morgan fingerprint density at radius 2 is 1.88 bits per heavy atom. The van der Waals surface area contributed by atoms with E-state index >= 15 is 0 Å². The van der Waals surface area contributed by atoms with Gasteiger partial charge in [-0.3, -0.25) is 0 Å². The van der Waals surface area contributed by atoms with Gasteiger partial charge in [0.05, 0.1) is 10.4 Å². The van der Waals surface area contributed by atoms with Crippen LogP contribution in [0.5, 0.6) is 0 Å². The van der Waals surface area contributed by atoms with Crippen LogP contribution in [0.1, 0.15) is 30.2 Å². The first-order chi connectivity index (χ1) is 7.94. The van der Waals surface area contributed by atoms with Gasteiger partial charge in [-0.15, -0.1) is 0 Å². The molecule has 0 spiro atoms. The van der Waals surface area contributed by atoms with Crippen LogP contribution in [0.4, 0.5) is 13.2 Å². The van der Waals surface area contributed by atoms with Gasteiger partial charge in [-0.05, 0) is 25.8 Å². The van der Waals surface area contributed by atoms with E-state index in [2.05, 4.69) is 15.9 Å². The average Bonchev–Trinajstić information content (AvgIpc) is 2.71. The van der Waals surface area contributed by atoms with Crippen molar-refractivity contribution in [3.05, 3.63) is 35.1 Å². The summed E-state index contributed by atoms with van der Waals surface area (Å²) in [6.07, 6.45) is 1.63. The number of benzene rings is 1. The maximum Gasteiger partial charge on any atom is 0.161 e. The molecule has 5 heteroatoms. The lowest BCUT2D eigenvalue weighted by atomic mass is 9.93. The zero-order valence-electron chi connectivity index (χ0n) is 9.27. The van der Waals surface area contributed by atoms with E-state index in [1.807, 2.05) is 6.92 Å². The van der Waals surface area contributed by atoms with E-state index in [1.54, 1.807) is 0 Å². The summed E-state index contributed by atoms with van der Waals surface area (Å²) in [7, 11) is 0. The van der Waals surface area contributed by atoms with E-state index in [0.29, 0.717) is 12.7 Å². The fourth-order valence-corrected chi connectivity index (χ4v) is 2.77. The molecule has 0 amide bonds. The third kappa shape index (κ3) is 2.36. The molecule has 2 atom stereocenters. The molecule has 0 radical (unpaired) electrons. The molecule has 17 heavy (non-hydrogen) atoms. The number of hydrogen-bond donors (Lipinski definition) is 0. The van der Waals surface area contributed by atoms with Crippen LogP contribution in [0, 0.1) is 17.5 Å². The summed E-state index contributed by atoms with van der Waals surface area (Å²) >= 11 is 3.32. The lowest BCUT2D eigenvalue weighted by molar-refractivity contribution is 0.0190. The third-order valence-corrected chi connectivity index (χ3v) is 4.56. The van der Waals surface area contributed by atoms with E-state index in [4.69, 9.17) is 4.74 Å². The maximum absolute atomic E-state index is 13.6. The van der Waals surface area contributed by atoms with Crippen molar-refractivity contribution < 1.29 is 17.9 Å². The van der Waals surface area contributed by atoms with Gasteiger partial charge in [0.2, 0.25) is 0 Å². The smallest absolute Gasteiger partial charge is 0.161 e. The first kappa shape index (κ1) is 12.9. The Bertz CT molecular complexity index is 430. The van der Waals surface area contributed by atoms with Crippen molar-refractivity contribution in [2.24, 2.45) is 0 Å². The van der Waals surface area contributed by atoms with Gasteiger partial charge < -0.3 is 4.74 Å². The maximum atomic E-state index is 13.6. The predicted molar refractivity (Wildman–Crippen MR) is 61.6 cm³/mol. The second-order valence-corrected chi connectivity index (χ2v) is 5.33. The van der Waals surface area contributed by atoms with Gasteiger partial charge in [0.15, 0.2) is 11.6 Å². The standard InChI is InChI=1S/C12H12BrF3O/c1-12(3-2-4-17-12)11(13)7-5-9(15)10(16)6-8(7)14/h5-6,11H,2-4H2,1H3. The van der Waals surface area contributed by atoms with Crippen LogP contribution in [-0.2, 0) is 4.74 Å². The van der Waals surface area contributed by atoms with Crippen molar-refractivity contribution in [3.8, 4) is 0 Å². The van der Waals surface area contributed by atoms with Crippen molar-refractivity contribution in [1.29, 1.82) is 0 Å². The van der Waals surface area contributed by atoms with Gasteiger partial charge >= 0.3 is 0 Å². The van der Waals surface area contributed by atoms with Crippen molar-refractivity contribution in [2.75, 3.05) is 6.61 Å². The van der Waals surface area contributed by atoms with E-state index in [9.17, 15) is 13.2 Å². The highest BCUT2D eigenvalue weighted by molar-refractivity contribution is 9.09. The number of halogens is 4. The summed E-state index contributed by atoms with van der Waals surface area (Å²) < 4.78 is 45.1. The second kappa shape index (κ2) is 4.61. The topological polar surface area (TPSA) is 9.23 Å². The zero-order valence-corrected chi connectivity index (χ0v) is 10.9. The first-order valence-corrected chi connectivity index (χ1v) is 6.28. The lowest BCUT2D eigenvalue weighted by Crippen LogP contribution is -2.29. The summed E-state index contributed by atoms with van der Waals surface area (Å²) in [5.41, 5.74) is -0.487. The number of rotatable bonds is 2. The molecule has 0 saturated carbocycles. The molecule has 0 aliphatic carbocycles. The average molecular weight is 309 g/mol. The SMILES string of the molecule is CC1(C(Br)c2cc(F)c(F)cc2F)CCCO1. The van der Waals surface area contributed by atoms with E-state index in [1.165, 1.54) is 0 Å². The molecule has 1 saturated heterocycles. The predicted octanol–water partition coefficient (Wildman–Crippen LogP) is 4.11. The second-order valence-electron chi connectivity index (χ2n) is 4.42. The third-order valence-electron chi connectivity index (χ3n) is 3.10. The molecule has 2 unspecified atom stereocenters. The van der Waals surface area contributed by atoms with Gasteiger partial charge in [-0.25, -0.2) is 13.2 Å². The summed E-state index contributed by atoms with van der Waals surface area (Å²) in [6, 6.07) is 1.45. The molecule has 1 aromatic rings. The van der Waals surface area contributed by atoms with Crippen LogP contribution >= 0.6 is 15.9 Å². The van der Waals surface area contributed by atoms with E-state index < -0.39 is 27.9 Å². The molecule has 94 valence electrons.